The van der Waals surface area contributed by atoms with E-state index in [2.05, 4.69) is 15.4 Å². The zero-order valence-electron chi connectivity index (χ0n) is 10.0. The lowest BCUT2D eigenvalue weighted by atomic mass is 10.2. The molecule has 2 heterocycles. The van der Waals surface area contributed by atoms with E-state index in [0.29, 0.717) is 18.5 Å². The first-order valence-electron chi connectivity index (χ1n) is 5.60. The van der Waals surface area contributed by atoms with E-state index in [0.717, 1.165) is 5.69 Å². The number of carbonyl (C=O) groups excluding carboxylic acids is 1. The van der Waals surface area contributed by atoms with Crippen LogP contribution in [-0.2, 0) is 13.5 Å². The summed E-state index contributed by atoms with van der Waals surface area (Å²) in [4.78, 5) is 25.2. The second-order valence-corrected chi connectivity index (χ2v) is 3.89. The molecule has 6 nitrogen and oxygen atoms in total. The van der Waals surface area contributed by atoms with Crippen molar-refractivity contribution in [1.29, 1.82) is 0 Å². The van der Waals surface area contributed by atoms with Crippen LogP contribution in [0.5, 0.6) is 0 Å². The molecule has 0 saturated carbocycles. The maximum absolute atomic E-state index is 11.7. The summed E-state index contributed by atoms with van der Waals surface area (Å²) in [7, 11) is 1.86. The van der Waals surface area contributed by atoms with Crippen LogP contribution in [0.1, 0.15) is 16.1 Å². The van der Waals surface area contributed by atoms with Crippen LogP contribution < -0.4 is 10.9 Å². The molecule has 0 spiro atoms. The minimum Gasteiger partial charge on any atom is -0.352 e. The van der Waals surface area contributed by atoms with Gasteiger partial charge in [-0.1, -0.05) is 0 Å². The van der Waals surface area contributed by atoms with E-state index in [-0.39, 0.29) is 11.5 Å². The monoisotopic (exact) mass is 246 g/mol. The zero-order chi connectivity index (χ0) is 13.0. The van der Waals surface area contributed by atoms with Gasteiger partial charge in [0.05, 0.1) is 0 Å². The predicted molar refractivity (Wildman–Crippen MR) is 66.3 cm³/mol. The van der Waals surface area contributed by atoms with Crippen molar-refractivity contribution in [3.05, 3.63) is 52.2 Å². The summed E-state index contributed by atoms with van der Waals surface area (Å²) in [5, 5.41) is 6.80. The van der Waals surface area contributed by atoms with Crippen molar-refractivity contribution in [2.45, 2.75) is 6.42 Å². The molecule has 0 aromatic carbocycles. The Kier molecular flexibility index (Phi) is 3.57. The van der Waals surface area contributed by atoms with Crippen LogP contribution in [0.15, 0.2) is 35.4 Å². The van der Waals surface area contributed by atoms with E-state index in [4.69, 9.17) is 0 Å². The lowest BCUT2D eigenvalue weighted by Gasteiger charge is -2.05. The van der Waals surface area contributed by atoms with E-state index in [1.165, 1.54) is 12.3 Å². The molecule has 0 radical (unpaired) electrons. The summed E-state index contributed by atoms with van der Waals surface area (Å²) in [6, 6.07) is 4.75. The average molecular weight is 246 g/mol. The molecule has 0 fully saturated rings. The molecule has 0 aliphatic rings. The third kappa shape index (κ3) is 2.85. The number of hydrogen-bond donors (Lipinski definition) is 2. The van der Waals surface area contributed by atoms with Gasteiger partial charge in [-0.15, -0.1) is 0 Å². The highest BCUT2D eigenvalue weighted by Crippen LogP contribution is 1.97. The van der Waals surface area contributed by atoms with Crippen LogP contribution in [0, 0.1) is 0 Å². The molecule has 6 heteroatoms. The molecule has 0 aliphatic carbocycles. The Morgan fingerprint density at radius 3 is 3.00 bits per heavy atom. The molecule has 2 aromatic heterocycles. The molecule has 2 N–H and O–H groups in total. The maximum Gasteiger partial charge on any atom is 0.251 e. The molecular formula is C12H14N4O2. The van der Waals surface area contributed by atoms with Crippen LogP contribution in [0.25, 0.3) is 0 Å². The van der Waals surface area contributed by atoms with Crippen LogP contribution in [0.4, 0.5) is 0 Å². The Balaban J connectivity index is 1.89. The van der Waals surface area contributed by atoms with Crippen LogP contribution in [0.2, 0.25) is 0 Å². The van der Waals surface area contributed by atoms with E-state index >= 15 is 0 Å². The predicted octanol–water partition coefficient (Wildman–Crippen LogP) is 0.0809. The molecule has 18 heavy (non-hydrogen) atoms. The number of H-pyrrole nitrogens is 1. The SMILES string of the molecule is Cn1nccc1CCNC(=O)c1cc[nH]c(=O)c1. The molecule has 94 valence electrons. The highest BCUT2D eigenvalue weighted by molar-refractivity contribution is 5.93. The second-order valence-electron chi connectivity index (χ2n) is 3.89. The summed E-state index contributed by atoms with van der Waals surface area (Å²) in [6.45, 7) is 0.505. The van der Waals surface area contributed by atoms with Gasteiger partial charge in [-0.25, -0.2) is 0 Å². The Morgan fingerprint density at radius 1 is 1.50 bits per heavy atom. The van der Waals surface area contributed by atoms with Crippen LogP contribution >= 0.6 is 0 Å². The molecule has 0 saturated heterocycles. The Bertz CT molecular complexity index is 600. The maximum atomic E-state index is 11.7. The van der Waals surface area contributed by atoms with E-state index in [9.17, 15) is 9.59 Å². The molecule has 0 bridgehead atoms. The molecule has 0 atom stereocenters. The number of aromatic amines is 1. The summed E-state index contributed by atoms with van der Waals surface area (Å²) in [5.41, 5.74) is 1.12. The molecule has 0 unspecified atom stereocenters. The van der Waals surface area contributed by atoms with Crippen molar-refractivity contribution in [2.75, 3.05) is 6.54 Å². The van der Waals surface area contributed by atoms with Gasteiger partial charge < -0.3 is 10.3 Å². The number of hydrogen-bond acceptors (Lipinski definition) is 3. The van der Waals surface area contributed by atoms with Crippen molar-refractivity contribution in [2.24, 2.45) is 7.05 Å². The van der Waals surface area contributed by atoms with Gasteiger partial charge >= 0.3 is 0 Å². The van der Waals surface area contributed by atoms with Gasteiger partial charge in [0, 0.05) is 49.7 Å². The summed E-state index contributed by atoms with van der Waals surface area (Å²) in [5.74, 6) is -0.247. The quantitative estimate of drug-likeness (QED) is 0.801. The second kappa shape index (κ2) is 5.31. The highest BCUT2D eigenvalue weighted by atomic mass is 16.2. The number of aryl methyl sites for hydroxylation is 1. The zero-order valence-corrected chi connectivity index (χ0v) is 10.0. The third-order valence-corrected chi connectivity index (χ3v) is 2.63. The van der Waals surface area contributed by atoms with Gasteiger partial charge in [-0.05, 0) is 12.1 Å². The fraction of sp³-hybridized carbons (Fsp3) is 0.250. The number of rotatable bonds is 4. The molecule has 0 aliphatic heterocycles. The number of aromatic nitrogens is 3. The minimum atomic E-state index is -0.283. The largest absolute Gasteiger partial charge is 0.352 e. The molecular weight excluding hydrogens is 232 g/mol. The van der Waals surface area contributed by atoms with Crippen molar-refractivity contribution >= 4 is 5.91 Å². The first-order valence-corrected chi connectivity index (χ1v) is 5.60. The van der Waals surface area contributed by atoms with Crippen LogP contribution in [0.3, 0.4) is 0 Å². The fourth-order valence-corrected chi connectivity index (χ4v) is 1.64. The van der Waals surface area contributed by atoms with Crippen molar-refractivity contribution < 1.29 is 4.79 Å². The number of amides is 1. The average Bonchev–Trinajstić information content (AvgIpc) is 2.75. The van der Waals surface area contributed by atoms with Crippen molar-refractivity contribution in [3.63, 3.8) is 0 Å². The Hall–Kier alpha value is -2.37. The molecule has 2 aromatic rings. The number of nitrogens with one attached hydrogen (secondary N) is 2. The lowest BCUT2D eigenvalue weighted by molar-refractivity contribution is 0.0953. The first-order chi connectivity index (χ1) is 8.66. The van der Waals surface area contributed by atoms with Crippen molar-refractivity contribution in [1.82, 2.24) is 20.1 Å². The number of nitrogens with zero attached hydrogens (tertiary/aromatic N) is 2. The van der Waals surface area contributed by atoms with Gasteiger partial charge in [0.1, 0.15) is 0 Å². The van der Waals surface area contributed by atoms with E-state index in [1.807, 2.05) is 13.1 Å². The van der Waals surface area contributed by atoms with Crippen LogP contribution in [-0.4, -0.2) is 27.2 Å². The number of pyridine rings is 1. The minimum absolute atomic E-state index is 0.247. The Morgan fingerprint density at radius 2 is 2.33 bits per heavy atom. The third-order valence-electron chi connectivity index (χ3n) is 2.63. The summed E-state index contributed by atoms with van der Waals surface area (Å²) < 4.78 is 1.76. The molecule has 1 amide bonds. The first kappa shape index (κ1) is 12.1. The normalized spacial score (nSPS) is 10.3. The Labute approximate surface area is 104 Å². The lowest BCUT2D eigenvalue weighted by Crippen LogP contribution is -2.27. The highest BCUT2D eigenvalue weighted by Gasteiger charge is 2.05. The van der Waals surface area contributed by atoms with Gasteiger partial charge in [-0.3, -0.25) is 14.3 Å². The summed E-state index contributed by atoms with van der Waals surface area (Å²) in [6.07, 6.45) is 3.87. The standard InChI is InChI=1S/C12H14N4O2/c1-16-10(4-7-15-16)3-6-14-12(18)9-2-5-13-11(17)8-9/h2,4-5,7-8H,3,6H2,1H3,(H,13,17)(H,14,18). The van der Waals surface area contributed by atoms with E-state index < -0.39 is 0 Å². The van der Waals surface area contributed by atoms with Crippen molar-refractivity contribution in [3.8, 4) is 0 Å². The van der Waals surface area contributed by atoms with Gasteiger partial charge in [-0.2, -0.15) is 5.10 Å². The fourth-order valence-electron chi connectivity index (χ4n) is 1.64. The topological polar surface area (TPSA) is 79.8 Å². The number of carbonyl (C=O) groups is 1. The van der Waals surface area contributed by atoms with Gasteiger partial charge in [0.15, 0.2) is 0 Å². The van der Waals surface area contributed by atoms with Gasteiger partial charge in [0.25, 0.3) is 5.91 Å². The van der Waals surface area contributed by atoms with E-state index in [1.54, 1.807) is 16.9 Å². The molecule has 2 rings (SSSR count). The summed E-state index contributed by atoms with van der Waals surface area (Å²) >= 11 is 0. The van der Waals surface area contributed by atoms with Gasteiger partial charge in [0.2, 0.25) is 5.56 Å². The smallest absolute Gasteiger partial charge is 0.251 e.